The number of carbonyl (C=O) groups excluding carboxylic acids is 2. The minimum atomic E-state index is -4.62. The summed E-state index contributed by atoms with van der Waals surface area (Å²) in [6, 6.07) is 16.4. The van der Waals surface area contributed by atoms with E-state index in [2.05, 4.69) is 161 Å². The molecule has 2 spiro atoms. The van der Waals surface area contributed by atoms with Crippen LogP contribution in [-0.2, 0) is 0 Å². The molecule has 2 aromatic rings. The van der Waals surface area contributed by atoms with Crippen molar-refractivity contribution in [2.75, 3.05) is 0 Å². The number of carbonyl (C=O) groups is 2. The Balaban J connectivity index is 1.99. The second kappa shape index (κ2) is 11.4. The first-order chi connectivity index (χ1) is 21.5. The molecule has 2 amide bonds. The molecular formula is C36H62N6O2Si2Sn2. The topological polar surface area (TPSA) is 53.6 Å². The Morgan fingerprint density at radius 2 is 0.667 bits per heavy atom. The first-order valence-corrected chi connectivity index (χ1v) is 33.6. The van der Waals surface area contributed by atoms with Gasteiger partial charge < -0.3 is 0 Å². The summed E-state index contributed by atoms with van der Waals surface area (Å²) in [5.41, 5.74) is 2.78. The Morgan fingerprint density at radius 1 is 0.458 bits per heavy atom. The molecule has 5 rings (SSSR count). The number of aryl methyl sites for hydroxylation is 2. The maximum absolute atomic E-state index is 15.8. The van der Waals surface area contributed by atoms with Crippen LogP contribution in [0.25, 0.3) is 0 Å². The second-order valence-corrected chi connectivity index (χ2v) is 56.4. The van der Waals surface area contributed by atoms with Gasteiger partial charge in [0.15, 0.2) is 0 Å². The molecular weight excluding hydrogens is 842 g/mol. The average molecular weight is 905 g/mol. The summed E-state index contributed by atoms with van der Waals surface area (Å²) in [6.07, 6.45) is 0. The summed E-state index contributed by atoms with van der Waals surface area (Å²) in [7, 11) is -4.65. The fourth-order valence-corrected chi connectivity index (χ4v) is 128. The minimum absolute atomic E-state index is 0.121. The third-order valence-electron chi connectivity index (χ3n) is 10.3. The first kappa shape index (κ1) is 38.5. The van der Waals surface area contributed by atoms with E-state index in [9.17, 15) is 0 Å². The molecule has 0 N–H and O–H groups in total. The summed E-state index contributed by atoms with van der Waals surface area (Å²) >= 11 is -9.23. The van der Waals surface area contributed by atoms with Gasteiger partial charge in [0.1, 0.15) is 0 Å². The van der Waals surface area contributed by atoms with Crippen molar-refractivity contribution < 1.29 is 9.59 Å². The fraction of sp³-hybridized carbons (Fsp3) is 0.611. The van der Waals surface area contributed by atoms with Gasteiger partial charge >= 0.3 is 307 Å². The number of benzene rings is 2. The van der Waals surface area contributed by atoms with Gasteiger partial charge in [0.25, 0.3) is 0 Å². The molecule has 0 saturated carbocycles. The predicted octanol–water partition coefficient (Wildman–Crippen LogP) is 7.61. The molecule has 3 fully saturated rings. The Hall–Kier alpha value is -0.749. The zero-order chi connectivity index (χ0) is 36.6. The Morgan fingerprint density at radius 3 is 0.854 bits per heavy atom. The molecule has 3 saturated heterocycles. The zero-order valence-electron chi connectivity index (χ0n) is 33.1. The second-order valence-electron chi connectivity index (χ2n) is 19.2. The van der Waals surface area contributed by atoms with E-state index in [1.54, 1.807) is 0 Å². The molecule has 2 aromatic carbocycles. The predicted molar refractivity (Wildman–Crippen MR) is 208 cm³/mol. The van der Waals surface area contributed by atoms with E-state index < -0.39 is 55.7 Å². The van der Waals surface area contributed by atoms with E-state index in [0.717, 1.165) is 22.3 Å². The van der Waals surface area contributed by atoms with Gasteiger partial charge in [-0.25, -0.2) is 0 Å². The van der Waals surface area contributed by atoms with Crippen LogP contribution in [0.4, 0.5) is 0 Å². The molecule has 3 aliphatic heterocycles. The van der Waals surface area contributed by atoms with Crippen molar-refractivity contribution in [2.45, 2.75) is 145 Å². The Kier molecular flexibility index (Phi) is 9.12. The number of rotatable bonds is 2. The fourth-order valence-electron chi connectivity index (χ4n) is 10.4. The molecule has 0 atom stereocenters. The van der Waals surface area contributed by atoms with E-state index >= 15 is 9.59 Å². The van der Waals surface area contributed by atoms with Gasteiger partial charge in [0.05, 0.1) is 0 Å². The van der Waals surface area contributed by atoms with E-state index in [-0.39, 0.29) is 34.0 Å². The van der Waals surface area contributed by atoms with Gasteiger partial charge in [0.2, 0.25) is 0 Å². The zero-order valence-corrected chi connectivity index (χ0v) is 40.8. The number of hydrogen-bond donors (Lipinski definition) is 0. The molecule has 264 valence electrons. The van der Waals surface area contributed by atoms with Crippen LogP contribution < -0.4 is 0 Å². The summed E-state index contributed by atoms with van der Waals surface area (Å²) in [4.78, 5) is 31.7. The molecule has 0 bridgehead atoms. The van der Waals surface area contributed by atoms with Crippen molar-refractivity contribution in [3.63, 3.8) is 0 Å². The number of hydrogen-bond acceptors (Lipinski definition) is 6. The summed E-state index contributed by atoms with van der Waals surface area (Å²) in [6.45, 7) is 41.7. The van der Waals surface area contributed by atoms with Gasteiger partial charge in [-0.1, -0.05) is 0 Å². The summed E-state index contributed by atoms with van der Waals surface area (Å²) < 4.78 is 16.4. The SMILES string of the molecule is Cc1ccc(C(=O)[N]2[Sn]3([N](C(C)(C)C)[Si](C)(C)[N]3C(C)(C)C)[N](C(=O)c3ccc(C)cc3)[Sn]23[N](C(C)(C)C)[Si](C)(C)[N]3C(C)(C)C)cc1. The third kappa shape index (κ3) is 5.14. The van der Waals surface area contributed by atoms with Gasteiger partial charge in [0, 0.05) is 0 Å². The maximum atomic E-state index is 15.8. The van der Waals surface area contributed by atoms with E-state index in [1.807, 2.05) is 24.3 Å². The van der Waals surface area contributed by atoms with Crippen LogP contribution in [0.3, 0.4) is 0 Å². The molecule has 0 aliphatic carbocycles. The van der Waals surface area contributed by atoms with Crippen LogP contribution in [0.2, 0.25) is 26.2 Å². The standard InChI is InChI=1S/2C10H24N2Si.2C8H7NO.2Sn/c2*1-9(2,3)11-13(7,8)12-10(4,5)6;2*1-6-2-4-7(5-3-6)8(9)10;;/h2*1-8H3;2*2-5H,1H3;;/q2*-2;;;2*+2. The van der Waals surface area contributed by atoms with Crippen molar-refractivity contribution in [3.05, 3.63) is 70.8 Å². The van der Waals surface area contributed by atoms with Gasteiger partial charge in [-0.3, -0.25) is 0 Å². The van der Waals surface area contributed by atoms with Crippen LogP contribution in [0.5, 0.6) is 0 Å². The van der Waals surface area contributed by atoms with Crippen LogP contribution >= 0.6 is 0 Å². The Labute approximate surface area is 304 Å². The molecule has 8 nitrogen and oxygen atoms in total. The van der Waals surface area contributed by atoms with Crippen LogP contribution in [-0.4, -0.2) is 104 Å². The van der Waals surface area contributed by atoms with Crippen LogP contribution in [0, 0.1) is 13.8 Å². The molecule has 48 heavy (non-hydrogen) atoms. The molecule has 0 aromatic heterocycles. The monoisotopic (exact) mass is 906 g/mol. The molecule has 3 aliphatic rings. The average Bonchev–Trinajstić information content (AvgIpc) is 2.84. The summed E-state index contributed by atoms with van der Waals surface area (Å²) in [5.74, 6) is 0.242. The van der Waals surface area contributed by atoms with Crippen molar-refractivity contribution in [3.8, 4) is 0 Å². The number of nitrogens with zero attached hydrogens (tertiary/aromatic N) is 6. The van der Waals surface area contributed by atoms with Crippen LogP contribution in [0.1, 0.15) is 115 Å². The van der Waals surface area contributed by atoms with Gasteiger partial charge in [-0.2, -0.15) is 0 Å². The van der Waals surface area contributed by atoms with E-state index in [4.69, 9.17) is 0 Å². The van der Waals surface area contributed by atoms with Gasteiger partial charge in [-0.05, 0) is 0 Å². The van der Waals surface area contributed by atoms with Gasteiger partial charge in [-0.15, -0.1) is 0 Å². The van der Waals surface area contributed by atoms with Crippen molar-refractivity contribution in [1.29, 1.82) is 0 Å². The third-order valence-corrected chi connectivity index (χ3v) is 90.8. The first-order valence-electron chi connectivity index (χ1n) is 17.6. The van der Waals surface area contributed by atoms with E-state index in [0.29, 0.717) is 0 Å². The molecule has 0 unspecified atom stereocenters. The van der Waals surface area contributed by atoms with Crippen LogP contribution in [0.15, 0.2) is 48.5 Å². The van der Waals surface area contributed by atoms with E-state index in [1.165, 1.54) is 0 Å². The number of amides is 2. The molecule has 12 heteroatoms. The van der Waals surface area contributed by atoms with Crippen molar-refractivity contribution in [2.24, 2.45) is 0 Å². The molecule has 3 heterocycles. The Bertz CT molecular complexity index is 1440. The van der Waals surface area contributed by atoms with Crippen molar-refractivity contribution >= 4 is 67.5 Å². The summed E-state index contributed by atoms with van der Waals surface area (Å²) in [5, 5.41) is 0. The normalized spacial score (nSPS) is 22.8. The molecule has 0 radical (unpaired) electrons. The quantitative estimate of drug-likeness (QED) is 0.290. The van der Waals surface area contributed by atoms with Crippen molar-refractivity contribution in [1.82, 2.24) is 13.8 Å².